The Bertz CT molecular complexity index is 1060. The summed E-state index contributed by atoms with van der Waals surface area (Å²) in [5, 5.41) is 20.3. The first-order valence-corrected chi connectivity index (χ1v) is 12.0. The molecule has 182 valence electrons. The standard InChI is InChI=1S/C24H33N7O3/c1-15-8-13-18(31(33)34)14-21(15)28-24(32)26-17-11-9-16(10-12-17)25-23-27-20-7-5-4-6-19(20)22(29-23)30(2)3/h8,13-14,16-17H,4-7,9-12H2,1-3H3,(H,25,27,29)(H2,26,28,32). The molecule has 34 heavy (non-hydrogen) atoms. The van der Waals surface area contributed by atoms with Gasteiger partial charge in [-0.2, -0.15) is 4.98 Å². The highest BCUT2D eigenvalue weighted by Gasteiger charge is 2.25. The fourth-order valence-electron chi connectivity index (χ4n) is 4.78. The van der Waals surface area contributed by atoms with E-state index in [9.17, 15) is 14.9 Å². The number of fused-ring (bicyclic) bond motifs is 1. The number of hydrogen-bond acceptors (Lipinski definition) is 7. The number of hydrogen-bond donors (Lipinski definition) is 3. The van der Waals surface area contributed by atoms with Gasteiger partial charge in [-0.25, -0.2) is 9.78 Å². The summed E-state index contributed by atoms with van der Waals surface area (Å²) in [4.78, 5) is 34.7. The summed E-state index contributed by atoms with van der Waals surface area (Å²) >= 11 is 0. The third kappa shape index (κ3) is 5.55. The fourth-order valence-corrected chi connectivity index (χ4v) is 4.78. The summed E-state index contributed by atoms with van der Waals surface area (Å²) in [5.41, 5.74) is 3.61. The number of nitrogens with one attached hydrogen (secondary N) is 3. The molecule has 3 N–H and O–H groups in total. The van der Waals surface area contributed by atoms with Crippen LogP contribution < -0.4 is 20.9 Å². The fraction of sp³-hybridized carbons (Fsp3) is 0.542. The molecule has 10 nitrogen and oxygen atoms in total. The first kappa shape index (κ1) is 23.7. The molecule has 0 saturated heterocycles. The lowest BCUT2D eigenvalue weighted by Gasteiger charge is -2.30. The molecule has 0 atom stereocenters. The predicted molar refractivity (Wildman–Crippen MR) is 133 cm³/mol. The number of carbonyl (C=O) groups excluding carboxylic acids is 1. The average molecular weight is 468 g/mol. The van der Waals surface area contributed by atoms with Crippen molar-refractivity contribution in [2.75, 3.05) is 29.6 Å². The Hall–Kier alpha value is -3.43. The van der Waals surface area contributed by atoms with Gasteiger partial charge in [0.15, 0.2) is 0 Å². The van der Waals surface area contributed by atoms with Crippen LogP contribution in [0.2, 0.25) is 0 Å². The zero-order valence-corrected chi connectivity index (χ0v) is 20.1. The van der Waals surface area contributed by atoms with Crippen LogP contribution in [0, 0.1) is 17.0 Å². The highest BCUT2D eigenvalue weighted by atomic mass is 16.6. The SMILES string of the molecule is Cc1ccc([N+](=O)[O-])cc1NC(=O)NC1CCC(Nc2nc3c(c(N(C)C)n2)CCCC3)CC1. The molecular formula is C24H33N7O3. The zero-order valence-electron chi connectivity index (χ0n) is 20.1. The lowest BCUT2D eigenvalue weighted by atomic mass is 9.91. The number of aryl methyl sites for hydroxylation is 2. The minimum atomic E-state index is -0.468. The second-order valence-electron chi connectivity index (χ2n) is 9.45. The van der Waals surface area contributed by atoms with Crippen LogP contribution in [0.25, 0.3) is 0 Å². The maximum Gasteiger partial charge on any atom is 0.319 e. The number of anilines is 3. The van der Waals surface area contributed by atoms with Gasteiger partial charge in [-0.1, -0.05) is 6.07 Å². The third-order valence-electron chi connectivity index (χ3n) is 6.66. The maximum absolute atomic E-state index is 12.5. The van der Waals surface area contributed by atoms with Crippen LogP contribution in [-0.4, -0.2) is 47.1 Å². The number of benzene rings is 1. The Kier molecular flexibility index (Phi) is 7.14. The van der Waals surface area contributed by atoms with Gasteiger partial charge in [-0.05, 0) is 63.9 Å². The highest BCUT2D eigenvalue weighted by Crippen LogP contribution is 2.29. The van der Waals surface area contributed by atoms with Crippen LogP contribution in [-0.2, 0) is 12.8 Å². The molecule has 10 heteroatoms. The number of carbonyl (C=O) groups is 1. The van der Waals surface area contributed by atoms with E-state index in [4.69, 9.17) is 9.97 Å². The van der Waals surface area contributed by atoms with Crippen LogP contribution in [0.3, 0.4) is 0 Å². The first-order valence-electron chi connectivity index (χ1n) is 12.0. The molecule has 1 saturated carbocycles. The summed E-state index contributed by atoms with van der Waals surface area (Å²) in [5.74, 6) is 1.70. The molecule has 2 amide bonds. The van der Waals surface area contributed by atoms with E-state index < -0.39 is 4.92 Å². The molecule has 2 aliphatic rings. The van der Waals surface area contributed by atoms with Crippen LogP contribution in [0.4, 0.5) is 27.9 Å². The topological polar surface area (TPSA) is 125 Å². The number of amides is 2. The normalized spacial score (nSPS) is 19.6. The van der Waals surface area contributed by atoms with Crippen molar-refractivity contribution in [3.63, 3.8) is 0 Å². The molecule has 0 radical (unpaired) electrons. The number of non-ortho nitro benzene ring substituents is 1. The largest absolute Gasteiger partial charge is 0.362 e. The summed E-state index contributed by atoms with van der Waals surface area (Å²) < 4.78 is 0. The van der Waals surface area contributed by atoms with E-state index in [1.807, 2.05) is 14.1 Å². The Morgan fingerprint density at radius 2 is 1.79 bits per heavy atom. The van der Waals surface area contributed by atoms with Crippen LogP contribution in [0.15, 0.2) is 18.2 Å². The minimum Gasteiger partial charge on any atom is -0.362 e. The minimum absolute atomic E-state index is 0.0469. The molecule has 0 spiro atoms. The lowest BCUT2D eigenvalue weighted by molar-refractivity contribution is -0.384. The Balaban J connectivity index is 1.31. The van der Waals surface area contributed by atoms with Gasteiger partial charge in [0.1, 0.15) is 5.82 Å². The van der Waals surface area contributed by atoms with Gasteiger partial charge < -0.3 is 20.9 Å². The van der Waals surface area contributed by atoms with Crippen molar-refractivity contribution >= 4 is 29.2 Å². The molecular weight excluding hydrogens is 434 g/mol. The molecule has 0 aliphatic heterocycles. The molecule has 0 unspecified atom stereocenters. The Morgan fingerprint density at radius 1 is 1.09 bits per heavy atom. The van der Waals surface area contributed by atoms with E-state index in [1.165, 1.54) is 30.5 Å². The Morgan fingerprint density at radius 3 is 2.50 bits per heavy atom. The molecule has 1 aromatic carbocycles. The van der Waals surface area contributed by atoms with E-state index in [1.54, 1.807) is 13.0 Å². The summed E-state index contributed by atoms with van der Waals surface area (Å²) in [6.45, 7) is 1.81. The number of aromatic nitrogens is 2. The second kappa shape index (κ2) is 10.2. The van der Waals surface area contributed by atoms with Crippen LogP contribution in [0.1, 0.15) is 55.3 Å². The molecule has 4 rings (SSSR count). The Labute approximate surface area is 199 Å². The van der Waals surface area contributed by atoms with E-state index in [-0.39, 0.29) is 23.8 Å². The van der Waals surface area contributed by atoms with Gasteiger partial charge in [0, 0.05) is 43.9 Å². The van der Waals surface area contributed by atoms with Gasteiger partial charge in [0.05, 0.1) is 16.3 Å². The first-order chi connectivity index (χ1) is 16.3. The van der Waals surface area contributed by atoms with Gasteiger partial charge >= 0.3 is 6.03 Å². The second-order valence-corrected chi connectivity index (χ2v) is 9.45. The van der Waals surface area contributed by atoms with Crippen molar-refractivity contribution in [1.29, 1.82) is 0 Å². The smallest absolute Gasteiger partial charge is 0.319 e. The summed E-state index contributed by atoms with van der Waals surface area (Å²) in [6, 6.07) is 4.43. The van der Waals surface area contributed by atoms with E-state index in [2.05, 4.69) is 20.9 Å². The van der Waals surface area contributed by atoms with Crippen molar-refractivity contribution in [3.05, 3.63) is 45.1 Å². The molecule has 2 aromatic rings. The zero-order chi connectivity index (χ0) is 24.2. The van der Waals surface area contributed by atoms with E-state index in [0.29, 0.717) is 11.6 Å². The van der Waals surface area contributed by atoms with Gasteiger partial charge in [0.25, 0.3) is 5.69 Å². The summed E-state index contributed by atoms with van der Waals surface area (Å²) in [6.07, 6.45) is 7.88. The monoisotopic (exact) mass is 467 g/mol. The molecule has 2 aliphatic carbocycles. The number of urea groups is 1. The lowest BCUT2D eigenvalue weighted by Crippen LogP contribution is -2.42. The van der Waals surface area contributed by atoms with Crippen LogP contribution >= 0.6 is 0 Å². The van der Waals surface area contributed by atoms with Crippen molar-refractivity contribution < 1.29 is 9.72 Å². The highest BCUT2D eigenvalue weighted by molar-refractivity contribution is 5.90. The maximum atomic E-state index is 12.5. The van der Waals surface area contributed by atoms with Crippen molar-refractivity contribution in [3.8, 4) is 0 Å². The van der Waals surface area contributed by atoms with E-state index >= 15 is 0 Å². The molecule has 1 fully saturated rings. The number of nitro benzene ring substituents is 1. The predicted octanol–water partition coefficient (Wildman–Crippen LogP) is 4.18. The average Bonchev–Trinajstić information content (AvgIpc) is 2.81. The molecule has 0 bridgehead atoms. The number of nitro groups is 1. The van der Waals surface area contributed by atoms with Crippen LogP contribution in [0.5, 0.6) is 0 Å². The number of rotatable bonds is 6. The number of nitrogens with zero attached hydrogens (tertiary/aromatic N) is 4. The molecule has 1 heterocycles. The van der Waals surface area contributed by atoms with Crippen molar-refractivity contribution in [1.82, 2.24) is 15.3 Å². The van der Waals surface area contributed by atoms with E-state index in [0.717, 1.165) is 55.6 Å². The van der Waals surface area contributed by atoms with Gasteiger partial charge in [-0.15, -0.1) is 0 Å². The van der Waals surface area contributed by atoms with Gasteiger partial charge in [-0.3, -0.25) is 10.1 Å². The van der Waals surface area contributed by atoms with Crippen molar-refractivity contribution in [2.45, 2.75) is 70.4 Å². The quantitative estimate of drug-likeness (QED) is 0.430. The van der Waals surface area contributed by atoms with Gasteiger partial charge in [0.2, 0.25) is 5.95 Å². The van der Waals surface area contributed by atoms with Crippen molar-refractivity contribution in [2.24, 2.45) is 0 Å². The summed E-state index contributed by atoms with van der Waals surface area (Å²) in [7, 11) is 4.05. The third-order valence-corrected chi connectivity index (χ3v) is 6.66. The molecule has 1 aromatic heterocycles.